The largest absolute Gasteiger partial charge is 0.326 e. The lowest BCUT2D eigenvalue weighted by Crippen LogP contribution is -2.14. The Bertz CT molecular complexity index is 520. The van der Waals surface area contributed by atoms with Crippen LogP contribution in [0.2, 0.25) is 0 Å². The molecule has 2 aromatic rings. The Labute approximate surface area is 113 Å². The van der Waals surface area contributed by atoms with Crippen LogP contribution in [0.3, 0.4) is 0 Å². The smallest absolute Gasteiger partial charge is 0.228 e. The lowest BCUT2D eigenvalue weighted by Gasteiger charge is -2.06. The van der Waals surface area contributed by atoms with Crippen LogP contribution >= 0.6 is 0 Å². The van der Waals surface area contributed by atoms with E-state index in [1.165, 1.54) is 5.56 Å². The van der Waals surface area contributed by atoms with Gasteiger partial charge in [0.2, 0.25) is 5.91 Å². The molecule has 1 amide bonds. The van der Waals surface area contributed by atoms with Gasteiger partial charge in [0, 0.05) is 12.2 Å². The molecule has 0 unspecified atom stereocenters. The first kappa shape index (κ1) is 13.3. The molecule has 0 aliphatic heterocycles. The lowest BCUT2D eigenvalue weighted by atomic mass is 10.1. The summed E-state index contributed by atoms with van der Waals surface area (Å²) in [4.78, 5) is 11.9. The van der Waals surface area contributed by atoms with E-state index in [2.05, 4.69) is 10.6 Å². The van der Waals surface area contributed by atoms with Crippen LogP contribution in [0.25, 0.3) is 0 Å². The van der Waals surface area contributed by atoms with Crippen molar-refractivity contribution in [1.29, 1.82) is 0 Å². The number of nitrogens with one attached hydrogen (secondary N) is 2. The van der Waals surface area contributed by atoms with Crippen LogP contribution in [0.1, 0.15) is 11.1 Å². The standard InChI is InChI=1S/C16H18N2O/c1-17-12-14-7-9-15(10-8-14)18-16(19)11-13-5-3-2-4-6-13/h2-10,17H,11-12H2,1H3,(H,18,19). The number of hydrogen-bond donors (Lipinski definition) is 2. The molecule has 3 heteroatoms. The van der Waals surface area contributed by atoms with E-state index in [1.54, 1.807) is 0 Å². The first-order chi connectivity index (χ1) is 9.28. The van der Waals surface area contributed by atoms with Gasteiger partial charge in [0.1, 0.15) is 0 Å². The monoisotopic (exact) mass is 254 g/mol. The Morgan fingerprint density at radius 3 is 2.26 bits per heavy atom. The number of rotatable bonds is 5. The Morgan fingerprint density at radius 1 is 0.947 bits per heavy atom. The number of carbonyl (C=O) groups excluding carboxylic acids is 1. The second-order valence-electron chi connectivity index (χ2n) is 4.44. The van der Waals surface area contributed by atoms with Crippen molar-refractivity contribution in [2.45, 2.75) is 13.0 Å². The third-order valence-electron chi connectivity index (χ3n) is 2.83. The quantitative estimate of drug-likeness (QED) is 0.861. The first-order valence-corrected chi connectivity index (χ1v) is 6.35. The molecule has 0 aromatic heterocycles. The van der Waals surface area contributed by atoms with Crippen molar-refractivity contribution >= 4 is 11.6 Å². The highest BCUT2D eigenvalue weighted by molar-refractivity contribution is 5.92. The van der Waals surface area contributed by atoms with Crippen LogP contribution in [0, 0.1) is 0 Å². The summed E-state index contributed by atoms with van der Waals surface area (Å²) >= 11 is 0. The van der Waals surface area contributed by atoms with Crippen molar-refractivity contribution < 1.29 is 4.79 Å². The maximum Gasteiger partial charge on any atom is 0.228 e. The highest BCUT2D eigenvalue weighted by atomic mass is 16.1. The van der Waals surface area contributed by atoms with Crippen molar-refractivity contribution in [1.82, 2.24) is 5.32 Å². The van der Waals surface area contributed by atoms with Crippen LogP contribution in [0.15, 0.2) is 54.6 Å². The number of carbonyl (C=O) groups is 1. The van der Waals surface area contributed by atoms with Gasteiger partial charge in [-0.2, -0.15) is 0 Å². The normalized spacial score (nSPS) is 10.2. The highest BCUT2D eigenvalue weighted by Gasteiger charge is 2.03. The van der Waals surface area contributed by atoms with E-state index in [0.29, 0.717) is 6.42 Å². The molecular weight excluding hydrogens is 236 g/mol. The Balaban J connectivity index is 1.91. The van der Waals surface area contributed by atoms with Gasteiger partial charge in [-0.05, 0) is 30.3 Å². The minimum absolute atomic E-state index is 0.00701. The van der Waals surface area contributed by atoms with Crippen LogP contribution in [-0.2, 0) is 17.8 Å². The molecule has 0 radical (unpaired) electrons. The van der Waals surface area contributed by atoms with Crippen LogP contribution in [0.5, 0.6) is 0 Å². The molecule has 0 aliphatic carbocycles. The molecule has 0 heterocycles. The summed E-state index contributed by atoms with van der Waals surface area (Å²) in [6.45, 7) is 0.832. The van der Waals surface area contributed by atoms with Gasteiger partial charge in [0.15, 0.2) is 0 Å². The average Bonchev–Trinajstić information content (AvgIpc) is 2.42. The van der Waals surface area contributed by atoms with Crippen LogP contribution in [0.4, 0.5) is 5.69 Å². The minimum Gasteiger partial charge on any atom is -0.326 e. The molecule has 0 aliphatic rings. The van der Waals surface area contributed by atoms with Crippen molar-refractivity contribution in [2.24, 2.45) is 0 Å². The van der Waals surface area contributed by atoms with E-state index < -0.39 is 0 Å². The van der Waals surface area contributed by atoms with Crippen molar-refractivity contribution in [3.8, 4) is 0 Å². The van der Waals surface area contributed by atoms with E-state index in [0.717, 1.165) is 17.8 Å². The predicted molar refractivity (Wildman–Crippen MR) is 78.0 cm³/mol. The van der Waals surface area contributed by atoms with Gasteiger partial charge in [-0.15, -0.1) is 0 Å². The van der Waals surface area contributed by atoms with Crippen molar-refractivity contribution in [3.63, 3.8) is 0 Å². The number of hydrogen-bond acceptors (Lipinski definition) is 2. The van der Waals surface area contributed by atoms with Gasteiger partial charge in [0.25, 0.3) is 0 Å². The van der Waals surface area contributed by atoms with E-state index in [-0.39, 0.29) is 5.91 Å². The molecule has 0 spiro atoms. The van der Waals surface area contributed by atoms with Crippen LogP contribution in [-0.4, -0.2) is 13.0 Å². The van der Waals surface area contributed by atoms with Crippen molar-refractivity contribution in [2.75, 3.05) is 12.4 Å². The molecule has 2 aromatic carbocycles. The Morgan fingerprint density at radius 2 is 1.63 bits per heavy atom. The predicted octanol–water partition coefficient (Wildman–Crippen LogP) is 2.59. The zero-order chi connectivity index (χ0) is 13.5. The number of amides is 1. The fourth-order valence-corrected chi connectivity index (χ4v) is 1.90. The summed E-state index contributed by atoms with van der Waals surface area (Å²) in [6.07, 6.45) is 0.402. The summed E-state index contributed by atoms with van der Waals surface area (Å²) in [7, 11) is 1.91. The van der Waals surface area contributed by atoms with E-state index in [4.69, 9.17) is 0 Å². The molecule has 3 nitrogen and oxygen atoms in total. The topological polar surface area (TPSA) is 41.1 Å². The Hall–Kier alpha value is -2.13. The van der Waals surface area contributed by atoms with Crippen molar-refractivity contribution in [3.05, 3.63) is 65.7 Å². The third-order valence-corrected chi connectivity index (χ3v) is 2.83. The summed E-state index contributed by atoms with van der Waals surface area (Å²) < 4.78 is 0. The molecule has 0 fully saturated rings. The maximum absolute atomic E-state index is 11.9. The molecule has 19 heavy (non-hydrogen) atoms. The highest BCUT2D eigenvalue weighted by Crippen LogP contribution is 2.10. The molecule has 0 atom stereocenters. The molecule has 98 valence electrons. The third kappa shape index (κ3) is 4.23. The van der Waals surface area contributed by atoms with Gasteiger partial charge in [0.05, 0.1) is 6.42 Å². The van der Waals surface area contributed by atoms with Gasteiger partial charge >= 0.3 is 0 Å². The molecule has 0 saturated heterocycles. The summed E-state index contributed by atoms with van der Waals surface area (Å²) in [5, 5.41) is 5.99. The average molecular weight is 254 g/mol. The fraction of sp³-hybridized carbons (Fsp3) is 0.188. The Kier molecular flexibility index (Phi) is 4.70. The van der Waals surface area contributed by atoms with E-state index in [9.17, 15) is 4.79 Å². The first-order valence-electron chi connectivity index (χ1n) is 6.35. The van der Waals surface area contributed by atoms with Gasteiger partial charge < -0.3 is 10.6 Å². The minimum atomic E-state index is 0.00701. The van der Waals surface area contributed by atoms with Gasteiger partial charge in [-0.25, -0.2) is 0 Å². The zero-order valence-electron chi connectivity index (χ0n) is 11.0. The van der Waals surface area contributed by atoms with E-state index in [1.807, 2.05) is 61.6 Å². The zero-order valence-corrected chi connectivity index (χ0v) is 11.0. The number of benzene rings is 2. The molecular formula is C16H18N2O. The fourth-order valence-electron chi connectivity index (χ4n) is 1.90. The molecule has 0 saturated carbocycles. The maximum atomic E-state index is 11.9. The molecule has 2 N–H and O–H groups in total. The lowest BCUT2D eigenvalue weighted by molar-refractivity contribution is -0.115. The van der Waals surface area contributed by atoms with E-state index >= 15 is 0 Å². The summed E-state index contributed by atoms with van der Waals surface area (Å²) in [5.74, 6) is 0.00701. The summed E-state index contributed by atoms with van der Waals surface area (Å²) in [5.41, 5.74) is 3.05. The second-order valence-corrected chi connectivity index (χ2v) is 4.44. The molecule has 0 bridgehead atoms. The van der Waals surface area contributed by atoms with Gasteiger partial charge in [-0.1, -0.05) is 42.5 Å². The SMILES string of the molecule is CNCc1ccc(NC(=O)Cc2ccccc2)cc1. The molecule has 2 rings (SSSR count). The summed E-state index contributed by atoms with van der Waals surface area (Å²) in [6, 6.07) is 17.6. The van der Waals surface area contributed by atoms with Gasteiger partial charge in [-0.3, -0.25) is 4.79 Å². The number of anilines is 1. The van der Waals surface area contributed by atoms with Crippen LogP contribution < -0.4 is 10.6 Å². The second kappa shape index (κ2) is 6.71.